The molecule has 8 nitrogen and oxygen atoms in total. The van der Waals surface area contributed by atoms with Crippen molar-refractivity contribution < 1.29 is 23.8 Å². The molecular weight excluding hydrogens is 439 g/mol. The summed E-state index contributed by atoms with van der Waals surface area (Å²) in [7, 11) is 0. The van der Waals surface area contributed by atoms with Gasteiger partial charge < -0.3 is 24.4 Å². The molecule has 1 N–H and O–H groups in total. The van der Waals surface area contributed by atoms with Gasteiger partial charge in [-0.15, -0.1) is 0 Å². The highest BCUT2D eigenvalue weighted by Gasteiger charge is 2.29. The highest BCUT2D eigenvalue weighted by atomic mass is 19.1. The van der Waals surface area contributed by atoms with Gasteiger partial charge in [0.05, 0.1) is 24.7 Å². The normalized spacial score (nSPS) is 22.1. The molecule has 0 bridgehead atoms. The van der Waals surface area contributed by atoms with E-state index >= 15 is 0 Å². The van der Waals surface area contributed by atoms with E-state index in [2.05, 4.69) is 33.6 Å². The Bertz CT molecular complexity index is 939. The van der Waals surface area contributed by atoms with E-state index in [1.54, 1.807) is 18.3 Å². The molecule has 186 valence electrons. The van der Waals surface area contributed by atoms with E-state index in [9.17, 15) is 4.39 Å². The van der Waals surface area contributed by atoms with Gasteiger partial charge in [-0.05, 0) is 31.4 Å². The van der Waals surface area contributed by atoms with E-state index in [0.29, 0.717) is 36.4 Å². The number of carbonyl (C=O) groups is 1. The van der Waals surface area contributed by atoms with Crippen molar-refractivity contribution in [3.8, 4) is 11.6 Å². The Hall–Kier alpha value is -3.10. The van der Waals surface area contributed by atoms with Crippen LogP contribution >= 0.6 is 0 Å². The Kier molecular flexibility index (Phi) is 8.90. The van der Waals surface area contributed by atoms with E-state index in [0.717, 1.165) is 38.8 Å². The largest absolute Gasteiger partial charge is 0.494 e. The summed E-state index contributed by atoms with van der Waals surface area (Å²) in [5, 5.41) is 7.42. The van der Waals surface area contributed by atoms with Crippen LogP contribution in [0.25, 0.3) is 0 Å². The first-order valence-corrected chi connectivity index (χ1v) is 11.9. The number of anilines is 2. The molecule has 2 aliphatic heterocycles. The number of nitrogens with zero attached hydrogens (tertiary/aromatic N) is 4. The summed E-state index contributed by atoms with van der Waals surface area (Å²) in [5.74, 6) is 2.05. The highest BCUT2D eigenvalue weighted by molar-refractivity contribution is 5.63. The van der Waals surface area contributed by atoms with Crippen LogP contribution in [0.15, 0.2) is 30.6 Å². The molecule has 9 heteroatoms. The first-order chi connectivity index (χ1) is 16.3. The fraction of sp³-hybridized carbons (Fsp3) is 0.560. The lowest BCUT2D eigenvalue weighted by molar-refractivity contribution is -0.134. The molecule has 2 saturated heterocycles. The van der Waals surface area contributed by atoms with Gasteiger partial charge in [0.15, 0.2) is 0 Å². The van der Waals surface area contributed by atoms with Crippen LogP contribution in [0.5, 0.6) is 11.6 Å². The van der Waals surface area contributed by atoms with Crippen molar-refractivity contribution in [2.24, 2.45) is 11.8 Å². The number of halogens is 1. The van der Waals surface area contributed by atoms with Crippen LogP contribution in [-0.2, 0) is 4.79 Å². The monoisotopic (exact) mass is 474 g/mol. The zero-order chi connectivity index (χ0) is 24.7. The van der Waals surface area contributed by atoms with Gasteiger partial charge in [0.25, 0.3) is 5.97 Å². The van der Waals surface area contributed by atoms with E-state index < -0.39 is 5.97 Å². The SMILES string of the molecule is CC(=O)O.CCOc1ccc(F)c(N2CC[C@@H](Oc3cnc(N4CCC(C)C4)cn3)C(C)C2)c1. The average Bonchev–Trinajstić information content (AvgIpc) is 3.23. The molecule has 0 amide bonds. The van der Waals surface area contributed by atoms with Gasteiger partial charge >= 0.3 is 0 Å². The van der Waals surface area contributed by atoms with Crippen molar-refractivity contribution >= 4 is 17.5 Å². The lowest BCUT2D eigenvalue weighted by Crippen LogP contribution is -2.44. The minimum absolute atomic E-state index is 0.0337. The lowest BCUT2D eigenvalue weighted by atomic mass is 9.96. The molecule has 1 aromatic carbocycles. The number of benzene rings is 1. The van der Waals surface area contributed by atoms with Crippen LogP contribution in [0.3, 0.4) is 0 Å². The number of carboxylic acids is 1. The number of hydrogen-bond acceptors (Lipinski definition) is 7. The van der Waals surface area contributed by atoms with Crippen LogP contribution in [0.2, 0.25) is 0 Å². The number of piperidine rings is 1. The molecule has 3 atom stereocenters. The van der Waals surface area contributed by atoms with Crippen LogP contribution in [0.4, 0.5) is 15.9 Å². The van der Waals surface area contributed by atoms with Crippen molar-refractivity contribution in [2.45, 2.75) is 46.6 Å². The zero-order valence-corrected chi connectivity index (χ0v) is 20.4. The molecular formula is C25H35FN4O4. The van der Waals surface area contributed by atoms with Gasteiger partial charge in [-0.25, -0.2) is 14.4 Å². The Morgan fingerprint density at radius 1 is 1.15 bits per heavy atom. The third-order valence-electron chi connectivity index (χ3n) is 6.03. The van der Waals surface area contributed by atoms with Crippen molar-refractivity contribution in [1.29, 1.82) is 0 Å². The molecule has 0 aliphatic carbocycles. The van der Waals surface area contributed by atoms with E-state index in [4.69, 9.17) is 19.4 Å². The smallest absolute Gasteiger partial charge is 0.300 e. The van der Waals surface area contributed by atoms with Crippen LogP contribution < -0.4 is 19.3 Å². The fourth-order valence-corrected chi connectivity index (χ4v) is 4.34. The number of aliphatic carboxylic acids is 1. The zero-order valence-electron chi connectivity index (χ0n) is 20.4. The van der Waals surface area contributed by atoms with Crippen molar-refractivity contribution in [3.05, 3.63) is 36.4 Å². The topological polar surface area (TPSA) is 88.0 Å². The maximum atomic E-state index is 14.4. The number of ether oxygens (including phenoxy) is 2. The maximum Gasteiger partial charge on any atom is 0.300 e. The van der Waals surface area contributed by atoms with Crippen LogP contribution in [0, 0.1) is 17.7 Å². The summed E-state index contributed by atoms with van der Waals surface area (Å²) >= 11 is 0. The quantitative estimate of drug-likeness (QED) is 0.665. The summed E-state index contributed by atoms with van der Waals surface area (Å²) in [6.07, 6.45) is 5.56. The molecule has 0 radical (unpaired) electrons. The summed E-state index contributed by atoms with van der Waals surface area (Å²) in [6.45, 7) is 11.5. The third-order valence-corrected chi connectivity index (χ3v) is 6.03. The van der Waals surface area contributed by atoms with Crippen LogP contribution in [0.1, 0.15) is 40.5 Å². The van der Waals surface area contributed by atoms with Crippen molar-refractivity contribution in [2.75, 3.05) is 42.6 Å². The predicted molar refractivity (Wildman–Crippen MR) is 129 cm³/mol. The molecule has 4 rings (SSSR count). The Morgan fingerprint density at radius 2 is 1.88 bits per heavy atom. The second-order valence-electron chi connectivity index (χ2n) is 8.99. The molecule has 0 saturated carbocycles. The van der Waals surface area contributed by atoms with E-state index in [1.807, 2.05) is 13.1 Å². The number of carboxylic acid groups (broad SMARTS) is 1. The summed E-state index contributed by atoms with van der Waals surface area (Å²) < 4.78 is 26.1. The molecule has 2 unspecified atom stereocenters. The molecule has 2 aromatic rings. The second kappa shape index (κ2) is 11.9. The van der Waals surface area contributed by atoms with E-state index in [1.165, 1.54) is 12.5 Å². The van der Waals surface area contributed by atoms with Gasteiger partial charge in [0.2, 0.25) is 5.88 Å². The van der Waals surface area contributed by atoms with Gasteiger partial charge in [0.1, 0.15) is 23.5 Å². The Morgan fingerprint density at radius 3 is 2.47 bits per heavy atom. The number of hydrogen-bond donors (Lipinski definition) is 1. The molecule has 3 heterocycles. The van der Waals surface area contributed by atoms with Gasteiger partial charge in [-0.3, -0.25) is 4.79 Å². The summed E-state index contributed by atoms with van der Waals surface area (Å²) in [4.78, 5) is 22.4. The van der Waals surface area contributed by atoms with Crippen LogP contribution in [-0.4, -0.2) is 59.9 Å². The lowest BCUT2D eigenvalue weighted by Gasteiger charge is -2.38. The minimum Gasteiger partial charge on any atom is -0.494 e. The first kappa shape index (κ1) is 25.5. The molecule has 2 aliphatic rings. The average molecular weight is 475 g/mol. The summed E-state index contributed by atoms with van der Waals surface area (Å²) in [5.41, 5.74) is 0.593. The van der Waals surface area contributed by atoms with E-state index in [-0.39, 0.29) is 17.8 Å². The van der Waals surface area contributed by atoms with Crippen molar-refractivity contribution in [3.63, 3.8) is 0 Å². The molecule has 34 heavy (non-hydrogen) atoms. The third kappa shape index (κ3) is 6.95. The summed E-state index contributed by atoms with van der Waals surface area (Å²) in [6, 6.07) is 4.94. The van der Waals surface area contributed by atoms with Gasteiger partial charge in [0, 0.05) is 51.5 Å². The number of rotatable bonds is 6. The fourth-order valence-electron chi connectivity index (χ4n) is 4.34. The maximum absolute atomic E-state index is 14.4. The van der Waals surface area contributed by atoms with Crippen molar-refractivity contribution in [1.82, 2.24) is 9.97 Å². The predicted octanol–water partition coefficient (Wildman–Crippen LogP) is 4.25. The highest BCUT2D eigenvalue weighted by Crippen LogP contribution is 2.31. The number of aromatic nitrogens is 2. The standard InChI is InChI=1S/C23H31FN4O2.C2H4O2/c1-4-29-18-5-6-19(24)20(11-18)27-10-8-21(17(3)15-27)30-23-13-25-22(12-26-23)28-9-7-16(2)14-28;1-2(3)4/h5-6,11-13,16-17,21H,4,7-10,14-15H2,1-3H3;1H3,(H,3,4)/t16?,17?,21-;/m1./s1. The molecule has 2 fully saturated rings. The van der Waals surface area contributed by atoms with Gasteiger partial charge in [-0.1, -0.05) is 13.8 Å². The molecule has 0 spiro atoms. The molecule has 1 aromatic heterocycles. The first-order valence-electron chi connectivity index (χ1n) is 11.9. The Balaban J connectivity index is 0.000000751. The Labute approximate surface area is 200 Å². The minimum atomic E-state index is -0.833. The van der Waals surface area contributed by atoms with Gasteiger partial charge in [-0.2, -0.15) is 0 Å². The second-order valence-corrected chi connectivity index (χ2v) is 8.99.